The van der Waals surface area contributed by atoms with Crippen LogP contribution >= 0.6 is 22.9 Å². The van der Waals surface area contributed by atoms with Gasteiger partial charge in [-0.25, -0.2) is 0 Å². The number of halogens is 1. The molecule has 3 N–H and O–H groups in total. The van der Waals surface area contributed by atoms with Crippen LogP contribution in [0.1, 0.15) is 15.2 Å². The van der Waals surface area contributed by atoms with E-state index >= 15 is 0 Å². The van der Waals surface area contributed by atoms with E-state index in [2.05, 4.69) is 5.32 Å². The Kier molecular flexibility index (Phi) is 4.21. The van der Waals surface area contributed by atoms with Gasteiger partial charge in [-0.2, -0.15) is 0 Å². The lowest BCUT2D eigenvalue weighted by atomic mass is 10.2. The minimum atomic E-state index is -0.537. The lowest BCUT2D eigenvalue weighted by Gasteiger charge is -2.05. The minimum Gasteiger partial charge on any atom is -0.380 e. The first kappa shape index (κ1) is 14.3. The number of nitrogens with two attached hydrogens (primary N) is 1. The van der Waals surface area contributed by atoms with Gasteiger partial charge in [0.1, 0.15) is 5.02 Å². The summed E-state index contributed by atoms with van der Waals surface area (Å²) in [5.41, 5.74) is 6.16. The van der Waals surface area contributed by atoms with Gasteiger partial charge in [0, 0.05) is 28.6 Å². The van der Waals surface area contributed by atoms with Gasteiger partial charge < -0.3 is 11.1 Å². The van der Waals surface area contributed by atoms with E-state index in [0.29, 0.717) is 17.8 Å². The molecular formula is C12H10ClN3O3S. The van der Waals surface area contributed by atoms with E-state index in [-0.39, 0.29) is 10.7 Å². The second-order valence-electron chi connectivity index (χ2n) is 3.94. The van der Waals surface area contributed by atoms with Crippen LogP contribution in [0.25, 0.3) is 0 Å². The van der Waals surface area contributed by atoms with E-state index in [1.54, 1.807) is 17.5 Å². The number of amides is 1. The highest BCUT2D eigenvalue weighted by Crippen LogP contribution is 2.27. The van der Waals surface area contributed by atoms with E-state index in [1.807, 2.05) is 0 Å². The Bertz CT molecular complexity index is 672. The van der Waals surface area contributed by atoms with Crippen molar-refractivity contribution < 1.29 is 9.72 Å². The molecule has 0 unspecified atom stereocenters. The molecule has 0 saturated heterocycles. The van der Waals surface area contributed by atoms with E-state index in [9.17, 15) is 14.9 Å². The number of thiophene rings is 1. The molecule has 2 rings (SSSR count). The number of carbonyl (C=O) groups excluding carboxylic acids is 1. The van der Waals surface area contributed by atoms with Crippen molar-refractivity contribution in [3.8, 4) is 0 Å². The lowest BCUT2D eigenvalue weighted by molar-refractivity contribution is -0.384. The number of benzene rings is 1. The molecule has 2 aromatic rings. The molecule has 1 aromatic carbocycles. The predicted octanol–water partition coefficient (Wildman–Crippen LogP) is 3.02. The number of hydrogen-bond donors (Lipinski definition) is 2. The van der Waals surface area contributed by atoms with Crippen molar-refractivity contribution in [2.75, 3.05) is 5.32 Å². The van der Waals surface area contributed by atoms with Gasteiger partial charge in [-0.05, 0) is 18.2 Å². The van der Waals surface area contributed by atoms with Crippen LogP contribution in [0.3, 0.4) is 0 Å². The summed E-state index contributed by atoms with van der Waals surface area (Å²) in [4.78, 5) is 22.0. The van der Waals surface area contributed by atoms with Crippen molar-refractivity contribution in [3.63, 3.8) is 0 Å². The maximum atomic E-state index is 11.0. The van der Waals surface area contributed by atoms with Crippen LogP contribution in [-0.2, 0) is 6.54 Å². The second-order valence-corrected chi connectivity index (χ2v) is 5.35. The van der Waals surface area contributed by atoms with Gasteiger partial charge in [-0.3, -0.25) is 14.9 Å². The van der Waals surface area contributed by atoms with E-state index in [4.69, 9.17) is 17.3 Å². The minimum absolute atomic E-state index is 0.0732. The van der Waals surface area contributed by atoms with Crippen LogP contribution in [0, 0.1) is 10.1 Å². The normalized spacial score (nSPS) is 10.2. The molecule has 0 aliphatic carbocycles. The molecule has 0 radical (unpaired) electrons. The van der Waals surface area contributed by atoms with Crippen molar-refractivity contribution in [3.05, 3.63) is 55.2 Å². The molecule has 20 heavy (non-hydrogen) atoms. The zero-order valence-corrected chi connectivity index (χ0v) is 11.7. The average molecular weight is 312 g/mol. The third-order valence-corrected chi connectivity index (χ3v) is 3.79. The molecule has 1 amide bonds. The summed E-state index contributed by atoms with van der Waals surface area (Å²) in [5.74, 6) is -0.467. The number of anilines is 1. The van der Waals surface area contributed by atoms with E-state index in [0.717, 1.165) is 4.88 Å². The maximum absolute atomic E-state index is 11.0. The first-order valence-corrected chi connectivity index (χ1v) is 6.78. The van der Waals surface area contributed by atoms with Crippen molar-refractivity contribution in [1.82, 2.24) is 0 Å². The molecule has 8 heteroatoms. The summed E-state index contributed by atoms with van der Waals surface area (Å²) in [6.07, 6.45) is 0. The van der Waals surface area contributed by atoms with E-state index < -0.39 is 10.8 Å². The number of primary amides is 1. The molecular weight excluding hydrogens is 302 g/mol. The Labute approximate surface area is 123 Å². The number of nitro groups is 1. The maximum Gasteiger partial charge on any atom is 0.288 e. The molecule has 1 aromatic heterocycles. The first-order chi connectivity index (χ1) is 9.47. The van der Waals surface area contributed by atoms with Crippen molar-refractivity contribution >= 4 is 40.2 Å². The third-order valence-electron chi connectivity index (χ3n) is 2.55. The second kappa shape index (κ2) is 5.89. The monoisotopic (exact) mass is 311 g/mol. The quantitative estimate of drug-likeness (QED) is 0.655. The summed E-state index contributed by atoms with van der Waals surface area (Å²) in [7, 11) is 0. The lowest BCUT2D eigenvalue weighted by Crippen LogP contribution is -2.09. The zero-order chi connectivity index (χ0) is 14.7. The average Bonchev–Trinajstić information content (AvgIpc) is 2.85. The van der Waals surface area contributed by atoms with Crippen molar-refractivity contribution in [2.45, 2.75) is 6.54 Å². The van der Waals surface area contributed by atoms with Crippen LogP contribution in [0.5, 0.6) is 0 Å². The summed E-state index contributed by atoms with van der Waals surface area (Å²) < 4.78 is 0. The van der Waals surface area contributed by atoms with Crippen molar-refractivity contribution in [2.24, 2.45) is 5.73 Å². The van der Waals surface area contributed by atoms with Crippen molar-refractivity contribution in [1.29, 1.82) is 0 Å². The Morgan fingerprint density at radius 3 is 2.75 bits per heavy atom. The molecule has 6 nitrogen and oxygen atoms in total. The van der Waals surface area contributed by atoms with Gasteiger partial charge >= 0.3 is 0 Å². The smallest absolute Gasteiger partial charge is 0.288 e. The molecule has 0 saturated carbocycles. The van der Waals surface area contributed by atoms with Crippen LogP contribution in [0.2, 0.25) is 5.02 Å². The molecule has 0 atom stereocenters. The molecule has 0 fully saturated rings. The van der Waals surface area contributed by atoms with Gasteiger partial charge in [0.25, 0.3) is 5.69 Å². The largest absolute Gasteiger partial charge is 0.380 e. The summed E-state index contributed by atoms with van der Waals surface area (Å²) in [6, 6.07) is 6.11. The van der Waals surface area contributed by atoms with Gasteiger partial charge in [0.15, 0.2) is 0 Å². The van der Waals surface area contributed by atoms with Crippen LogP contribution in [0.15, 0.2) is 29.6 Å². The van der Waals surface area contributed by atoms with Crippen LogP contribution in [0.4, 0.5) is 11.4 Å². The number of rotatable bonds is 5. The number of carbonyl (C=O) groups is 1. The molecule has 0 aliphatic heterocycles. The molecule has 0 aliphatic rings. The molecule has 104 valence electrons. The van der Waals surface area contributed by atoms with Crippen LogP contribution in [-0.4, -0.2) is 10.8 Å². The zero-order valence-electron chi connectivity index (χ0n) is 10.1. The third kappa shape index (κ3) is 3.25. The van der Waals surface area contributed by atoms with Crippen LogP contribution < -0.4 is 11.1 Å². The fourth-order valence-electron chi connectivity index (χ4n) is 1.56. The number of nitrogens with zero attached hydrogens (tertiary/aromatic N) is 1. The summed E-state index contributed by atoms with van der Waals surface area (Å²) in [5, 5.41) is 15.5. The van der Waals surface area contributed by atoms with Gasteiger partial charge in [0.2, 0.25) is 5.91 Å². The summed E-state index contributed by atoms with van der Waals surface area (Å²) >= 11 is 7.22. The van der Waals surface area contributed by atoms with Gasteiger partial charge in [0.05, 0.1) is 10.5 Å². The van der Waals surface area contributed by atoms with Gasteiger partial charge in [-0.1, -0.05) is 11.6 Å². The Morgan fingerprint density at radius 2 is 2.20 bits per heavy atom. The highest BCUT2D eigenvalue weighted by Gasteiger charge is 2.12. The molecule has 0 bridgehead atoms. The number of nitro benzene ring substituents is 1. The number of nitrogens with one attached hydrogen (secondary N) is 1. The first-order valence-electron chi connectivity index (χ1n) is 5.52. The standard InChI is InChI=1S/C12H10ClN3O3S/c13-10-4-8(1-2-11(10)16(18)19)15-5-9-3-7(6-20-9)12(14)17/h1-4,6,15H,5H2,(H2,14,17). The number of hydrogen-bond acceptors (Lipinski definition) is 5. The van der Waals surface area contributed by atoms with E-state index in [1.165, 1.54) is 23.5 Å². The highest BCUT2D eigenvalue weighted by atomic mass is 35.5. The topological polar surface area (TPSA) is 98.3 Å². The Balaban J connectivity index is 2.05. The molecule has 0 spiro atoms. The Morgan fingerprint density at radius 1 is 1.45 bits per heavy atom. The predicted molar refractivity (Wildman–Crippen MR) is 78.3 cm³/mol. The molecule has 1 heterocycles. The SMILES string of the molecule is NC(=O)c1csc(CNc2ccc([N+](=O)[O-])c(Cl)c2)c1. The fourth-order valence-corrected chi connectivity index (χ4v) is 2.62. The van der Waals surface area contributed by atoms with Gasteiger partial charge in [-0.15, -0.1) is 11.3 Å². The Hall–Kier alpha value is -2.12. The highest BCUT2D eigenvalue weighted by molar-refractivity contribution is 7.10. The fraction of sp³-hybridized carbons (Fsp3) is 0.0833. The summed E-state index contributed by atoms with van der Waals surface area (Å²) in [6.45, 7) is 0.478.